The van der Waals surface area contributed by atoms with Crippen molar-refractivity contribution in [1.82, 2.24) is 0 Å². The first-order chi connectivity index (χ1) is 11.6. The van der Waals surface area contributed by atoms with Gasteiger partial charge < -0.3 is 10.1 Å². The minimum absolute atomic E-state index is 0.297. The van der Waals surface area contributed by atoms with Crippen LogP contribution in [0.25, 0.3) is 6.08 Å². The molecule has 0 radical (unpaired) electrons. The lowest BCUT2D eigenvalue weighted by Crippen LogP contribution is -2.10. The van der Waals surface area contributed by atoms with Crippen LogP contribution in [0.2, 0.25) is 5.02 Å². The van der Waals surface area contributed by atoms with Crippen molar-refractivity contribution >= 4 is 35.2 Å². The molecule has 5 heteroatoms. The van der Waals surface area contributed by atoms with E-state index >= 15 is 0 Å². The highest BCUT2D eigenvalue weighted by Gasteiger charge is 2.08. The predicted molar refractivity (Wildman–Crippen MR) is 96.1 cm³/mol. The van der Waals surface area contributed by atoms with E-state index in [1.807, 2.05) is 19.1 Å². The van der Waals surface area contributed by atoms with Crippen molar-refractivity contribution in [3.8, 4) is 0 Å². The van der Waals surface area contributed by atoms with Gasteiger partial charge in [0.1, 0.15) is 0 Å². The second-order valence-corrected chi connectivity index (χ2v) is 5.53. The molecule has 0 unspecified atom stereocenters. The molecule has 2 aromatic rings. The van der Waals surface area contributed by atoms with Crippen LogP contribution in [0.3, 0.4) is 0 Å². The molecule has 0 saturated heterocycles. The Kier molecular flexibility index (Phi) is 6.58. The fraction of sp³-hybridized carbons (Fsp3) is 0.158. The van der Waals surface area contributed by atoms with Gasteiger partial charge in [-0.05, 0) is 48.4 Å². The van der Waals surface area contributed by atoms with Crippen molar-refractivity contribution in [3.63, 3.8) is 0 Å². The van der Waals surface area contributed by atoms with E-state index in [9.17, 15) is 9.59 Å². The maximum absolute atomic E-state index is 12.0. The molecular formula is C19H18ClNO3. The van der Waals surface area contributed by atoms with Gasteiger partial charge in [0.05, 0.1) is 12.2 Å². The average molecular weight is 344 g/mol. The second-order valence-electron chi connectivity index (χ2n) is 5.09. The zero-order chi connectivity index (χ0) is 17.4. The van der Waals surface area contributed by atoms with Crippen LogP contribution in [-0.4, -0.2) is 18.5 Å². The largest absolute Gasteiger partial charge is 0.462 e. The van der Waals surface area contributed by atoms with Crippen molar-refractivity contribution in [2.75, 3.05) is 11.9 Å². The van der Waals surface area contributed by atoms with Gasteiger partial charge in [-0.15, -0.1) is 0 Å². The van der Waals surface area contributed by atoms with Gasteiger partial charge >= 0.3 is 5.97 Å². The minimum atomic E-state index is -0.401. The molecule has 0 aliphatic rings. The van der Waals surface area contributed by atoms with Gasteiger partial charge in [0.15, 0.2) is 0 Å². The molecule has 0 fully saturated rings. The molecular weight excluding hydrogens is 326 g/mol. The number of hydrogen-bond donors (Lipinski definition) is 1. The second kappa shape index (κ2) is 8.89. The number of carbonyl (C=O) groups excluding carboxylic acids is 2. The summed E-state index contributed by atoms with van der Waals surface area (Å²) in [5, 5.41) is 3.32. The van der Waals surface area contributed by atoms with E-state index in [-0.39, 0.29) is 5.91 Å². The molecule has 0 bridgehead atoms. The molecule has 4 nitrogen and oxygen atoms in total. The van der Waals surface area contributed by atoms with Gasteiger partial charge in [-0.2, -0.15) is 0 Å². The summed E-state index contributed by atoms with van der Waals surface area (Å²) in [6.45, 7) is 2.30. The van der Waals surface area contributed by atoms with Gasteiger partial charge in [-0.3, -0.25) is 4.79 Å². The van der Waals surface area contributed by atoms with Gasteiger partial charge in [0.25, 0.3) is 0 Å². The summed E-state index contributed by atoms with van der Waals surface area (Å²) in [5.41, 5.74) is 1.76. The Balaban J connectivity index is 2.00. The summed E-state index contributed by atoms with van der Waals surface area (Å²) in [6, 6.07) is 13.8. The molecule has 124 valence electrons. The van der Waals surface area contributed by atoms with Crippen molar-refractivity contribution in [1.29, 1.82) is 0 Å². The summed E-state index contributed by atoms with van der Waals surface area (Å²) in [7, 11) is 0. The maximum Gasteiger partial charge on any atom is 0.338 e. The van der Waals surface area contributed by atoms with E-state index in [0.717, 1.165) is 12.0 Å². The van der Waals surface area contributed by atoms with Crippen LogP contribution in [0.1, 0.15) is 29.3 Å². The molecule has 24 heavy (non-hydrogen) atoms. The molecule has 2 rings (SSSR count). The molecule has 1 amide bonds. The first kappa shape index (κ1) is 17.8. The van der Waals surface area contributed by atoms with Gasteiger partial charge in [-0.25, -0.2) is 4.79 Å². The molecule has 2 aromatic carbocycles. The fourth-order valence-electron chi connectivity index (χ4n) is 1.97. The van der Waals surface area contributed by atoms with Crippen LogP contribution < -0.4 is 5.32 Å². The average Bonchev–Trinajstić information content (AvgIpc) is 2.58. The summed E-state index contributed by atoms with van der Waals surface area (Å²) >= 11 is 5.89. The number of amides is 1. The SMILES string of the molecule is CCCOC(=O)c1cccc(NC(=O)C=Cc2cccc(Cl)c2)c1. The van der Waals surface area contributed by atoms with E-state index in [1.165, 1.54) is 6.08 Å². The molecule has 0 aliphatic heterocycles. The van der Waals surface area contributed by atoms with Crippen LogP contribution in [0.15, 0.2) is 54.6 Å². The number of anilines is 1. The van der Waals surface area contributed by atoms with Gasteiger partial charge in [0.2, 0.25) is 5.91 Å². The molecule has 1 N–H and O–H groups in total. The zero-order valence-corrected chi connectivity index (χ0v) is 14.0. The number of halogens is 1. The van der Waals surface area contributed by atoms with Crippen molar-refractivity contribution < 1.29 is 14.3 Å². The summed E-state index contributed by atoms with van der Waals surface area (Å²) in [4.78, 5) is 23.8. The lowest BCUT2D eigenvalue weighted by atomic mass is 10.2. The highest BCUT2D eigenvalue weighted by atomic mass is 35.5. The smallest absolute Gasteiger partial charge is 0.338 e. The minimum Gasteiger partial charge on any atom is -0.462 e. The third-order valence-electron chi connectivity index (χ3n) is 3.08. The standard InChI is InChI=1S/C19H18ClNO3/c1-2-11-24-19(23)15-6-4-8-17(13-15)21-18(22)10-9-14-5-3-7-16(20)12-14/h3-10,12-13H,2,11H2,1H3,(H,21,22). The van der Waals surface area contributed by atoms with Crippen molar-refractivity contribution in [2.24, 2.45) is 0 Å². The summed E-state index contributed by atoms with van der Waals surface area (Å²) in [6.07, 6.45) is 3.84. The third kappa shape index (κ3) is 5.56. The van der Waals surface area contributed by atoms with E-state index in [1.54, 1.807) is 42.5 Å². The number of ether oxygens (including phenoxy) is 1. The molecule has 0 spiro atoms. The van der Waals surface area contributed by atoms with Crippen LogP contribution in [0.4, 0.5) is 5.69 Å². The van der Waals surface area contributed by atoms with Gasteiger partial charge in [-0.1, -0.05) is 36.7 Å². The number of benzene rings is 2. The molecule has 0 atom stereocenters. The normalized spacial score (nSPS) is 10.6. The van der Waals surface area contributed by atoms with E-state index in [0.29, 0.717) is 22.9 Å². The molecule has 0 aromatic heterocycles. The van der Waals surface area contributed by atoms with Crippen LogP contribution in [-0.2, 0) is 9.53 Å². The highest BCUT2D eigenvalue weighted by Crippen LogP contribution is 2.14. The van der Waals surface area contributed by atoms with E-state index in [2.05, 4.69) is 5.32 Å². The van der Waals surface area contributed by atoms with Crippen molar-refractivity contribution in [3.05, 3.63) is 70.8 Å². The van der Waals surface area contributed by atoms with E-state index in [4.69, 9.17) is 16.3 Å². The maximum atomic E-state index is 12.0. The van der Waals surface area contributed by atoms with Crippen molar-refractivity contribution in [2.45, 2.75) is 13.3 Å². The molecule has 0 saturated carbocycles. The first-order valence-corrected chi connectivity index (χ1v) is 7.98. The first-order valence-electron chi connectivity index (χ1n) is 7.60. The lowest BCUT2D eigenvalue weighted by molar-refractivity contribution is -0.111. The molecule has 0 aliphatic carbocycles. The Morgan fingerprint density at radius 1 is 1.17 bits per heavy atom. The quantitative estimate of drug-likeness (QED) is 0.618. The van der Waals surface area contributed by atoms with Gasteiger partial charge in [0, 0.05) is 16.8 Å². The number of hydrogen-bond acceptors (Lipinski definition) is 3. The predicted octanol–water partition coefficient (Wildman–Crippen LogP) is 4.56. The Morgan fingerprint density at radius 3 is 2.71 bits per heavy atom. The topological polar surface area (TPSA) is 55.4 Å². The number of nitrogens with one attached hydrogen (secondary N) is 1. The number of carbonyl (C=O) groups is 2. The fourth-order valence-corrected chi connectivity index (χ4v) is 2.17. The number of esters is 1. The van der Waals surface area contributed by atoms with Crippen LogP contribution >= 0.6 is 11.6 Å². The summed E-state index contributed by atoms with van der Waals surface area (Å²) in [5.74, 6) is -0.698. The number of rotatable bonds is 6. The Hall–Kier alpha value is -2.59. The zero-order valence-electron chi connectivity index (χ0n) is 13.3. The highest BCUT2D eigenvalue weighted by molar-refractivity contribution is 6.30. The Bertz CT molecular complexity index is 756. The third-order valence-corrected chi connectivity index (χ3v) is 3.31. The van der Waals surface area contributed by atoms with Crippen LogP contribution in [0.5, 0.6) is 0 Å². The summed E-state index contributed by atoms with van der Waals surface area (Å²) < 4.78 is 5.08. The monoisotopic (exact) mass is 343 g/mol. The Morgan fingerprint density at radius 2 is 1.96 bits per heavy atom. The lowest BCUT2D eigenvalue weighted by Gasteiger charge is -2.06. The van der Waals surface area contributed by atoms with E-state index < -0.39 is 5.97 Å². The molecule has 0 heterocycles. The Labute approximate surface area is 146 Å². The van der Waals surface area contributed by atoms with Crippen LogP contribution in [0, 0.1) is 0 Å².